The van der Waals surface area contributed by atoms with Crippen LogP contribution >= 0.6 is 39.1 Å². The van der Waals surface area contributed by atoms with Crippen molar-refractivity contribution in [3.05, 3.63) is 50.5 Å². The van der Waals surface area contributed by atoms with Crippen LogP contribution in [0, 0.1) is 0 Å². The third kappa shape index (κ3) is 3.37. The second-order valence-corrected chi connectivity index (χ2v) is 5.34. The highest BCUT2D eigenvalue weighted by molar-refractivity contribution is 9.10. The lowest BCUT2D eigenvalue weighted by molar-refractivity contribution is 0.0696. The minimum absolute atomic E-state index is 0.0254. The van der Waals surface area contributed by atoms with Crippen LogP contribution < -0.4 is 5.32 Å². The molecular weight excluding hydrogens is 355 g/mol. The largest absolute Gasteiger partial charge is 0.478 e. The van der Waals surface area contributed by atoms with E-state index in [2.05, 4.69) is 26.2 Å². The number of pyridine rings is 1. The van der Waals surface area contributed by atoms with Crippen LogP contribution in [-0.4, -0.2) is 16.1 Å². The number of rotatable bonds is 3. The lowest BCUT2D eigenvalue weighted by Crippen LogP contribution is -2.00. The van der Waals surface area contributed by atoms with Gasteiger partial charge in [0.1, 0.15) is 5.82 Å². The molecule has 0 bridgehead atoms. The van der Waals surface area contributed by atoms with Gasteiger partial charge in [0.05, 0.1) is 21.3 Å². The highest BCUT2D eigenvalue weighted by Gasteiger charge is 2.10. The second-order valence-electron chi connectivity index (χ2n) is 3.61. The number of nitrogens with zero attached hydrogens (tertiary/aromatic N) is 1. The molecule has 0 aliphatic heterocycles. The number of carboxylic acid groups (broad SMARTS) is 1. The van der Waals surface area contributed by atoms with E-state index < -0.39 is 5.97 Å². The van der Waals surface area contributed by atoms with Crippen molar-refractivity contribution in [3.8, 4) is 0 Å². The minimum Gasteiger partial charge on any atom is -0.478 e. The fraction of sp³-hybridized carbons (Fsp3) is 0. The predicted molar refractivity (Wildman–Crippen MR) is 78.6 cm³/mol. The van der Waals surface area contributed by atoms with E-state index in [-0.39, 0.29) is 10.6 Å². The number of hydrogen-bond acceptors (Lipinski definition) is 3. The topological polar surface area (TPSA) is 62.2 Å². The fourth-order valence-electron chi connectivity index (χ4n) is 1.37. The molecule has 2 aromatic rings. The molecule has 1 aromatic heterocycles. The number of anilines is 2. The SMILES string of the molecule is O=C(O)c1cnc(Nc2ccc(Br)cc2Cl)c(Cl)c1. The monoisotopic (exact) mass is 360 g/mol. The summed E-state index contributed by atoms with van der Waals surface area (Å²) in [5.74, 6) is -0.737. The molecule has 0 radical (unpaired) electrons. The van der Waals surface area contributed by atoms with Crippen molar-refractivity contribution in [2.24, 2.45) is 0 Å². The summed E-state index contributed by atoms with van der Waals surface area (Å²) < 4.78 is 0.850. The van der Waals surface area contributed by atoms with Gasteiger partial charge in [-0.3, -0.25) is 0 Å². The summed E-state index contributed by atoms with van der Waals surface area (Å²) in [7, 11) is 0. The van der Waals surface area contributed by atoms with Gasteiger partial charge in [0.15, 0.2) is 0 Å². The Labute approximate surface area is 127 Å². The van der Waals surface area contributed by atoms with E-state index in [1.165, 1.54) is 12.3 Å². The first-order valence-corrected chi connectivity index (χ1v) is 6.63. The molecule has 0 amide bonds. The summed E-state index contributed by atoms with van der Waals surface area (Å²) in [5, 5.41) is 12.5. The zero-order valence-corrected chi connectivity index (χ0v) is 12.4. The summed E-state index contributed by atoms with van der Waals surface area (Å²) in [5.41, 5.74) is 0.653. The van der Waals surface area contributed by atoms with Crippen LogP contribution in [0.4, 0.5) is 11.5 Å². The molecule has 4 nitrogen and oxygen atoms in total. The van der Waals surface area contributed by atoms with Crippen molar-refractivity contribution in [1.82, 2.24) is 4.98 Å². The quantitative estimate of drug-likeness (QED) is 0.839. The number of aromatic carboxylic acids is 1. The number of halogens is 3. The van der Waals surface area contributed by atoms with E-state index >= 15 is 0 Å². The van der Waals surface area contributed by atoms with Gasteiger partial charge in [-0.15, -0.1) is 0 Å². The van der Waals surface area contributed by atoms with Crippen LogP contribution in [0.25, 0.3) is 0 Å². The first kappa shape index (κ1) is 14.1. The van der Waals surface area contributed by atoms with Crippen molar-refractivity contribution in [2.45, 2.75) is 0 Å². The average molecular weight is 362 g/mol. The summed E-state index contributed by atoms with van der Waals surface area (Å²) >= 11 is 15.3. The van der Waals surface area contributed by atoms with Gasteiger partial charge in [0.2, 0.25) is 0 Å². The van der Waals surface area contributed by atoms with Crippen LogP contribution in [0.3, 0.4) is 0 Å². The Hall–Kier alpha value is -1.30. The number of hydrogen-bond donors (Lipinski definition) is 2. The Balaban J connectivity index is 2.31. The van der Waals surface area contributed by atoms with E-state index in [1.807, 2.05) is 6.07 Å². The molecule has 2 rings (SSSR count). The number of carbonyl (C=O) groups is 1. The number of aromatic nitrogens is 1. The molecule has 0 spiro atoms. The molecule has 98 valence electrons. The maximum absolute atomic E-state index is 10.8. The maximum Gasteiger partial charge on any atom is 0.337 e. The normalized spacial score (nSPS) is 10.3. The molecule has 2 N–H and O–H groups in total. The van der Waals surface area contributed by atoms with Gasteiger partial charge in [-0.05, 0) is 24.3 Å². The van der Waals surface area contributed by atoms with Crippen molar-refractivity contribution in [1.29, 1.82) is 0 Å². The fourth-order valence-corrected chi connectivity index (χ4v) is 2.30. The van der Waals surface area contributed by atoms with Crippen LogP contribution in [0.5, 0.6) is 0 Å². The van der Waals surface area contributed by atoms with Gasteiger partial charge in [-0.25, -0.2) is 9.78 Å². The molecule has 0 aliphatic carbocycles. The average Bonchev–Trinajstić information content (AvgIpc) is 2.34. The molecule has 0 fully saturated rings. The van der Waals surface area contributed by atoms with Gasteiger partial charge in [-0.1, -0.05) is 39.1 Å². The molecule has 0 saturated heterocycles. The van der Waals surface area contributed by atoms with Crippen molar-refractivity contribution < 1.29 is 9.90 Å². The first-order chi connectivity index (χ1) is 8.97. The maximum atomic E-state index is 10.8. The lowest BCUT2D eigenvalue weighted by atomic mass is 10.2. The number of carboxylic acids is 1. The summed E-state index contributed by atoms with van der Waals surface area (Å²) in [4.78, 5) is 14.7. The number of nitrogens with one attached hydrogen (secondary N) is 1. The Kier molecular flexibility index (Phi) is 4.29. The summed E-state index contributed by atoms with van der Waals surface area (Å²) in [6.07, 6.45) is 1.23. The van der Waals surface area contributed by atoms with Crippen molar-refractivity contribution in [2.75, 3.05) is 5.32 Å². The zero-order valence-electron chi connectivity index (χ0n) is 9.32. The third-order valence-corrected chi connectivity index (χ3v) is 3.37. The third-order valence-electron chi connectivity index (χ3n) is 2.27. The van der Waals surface area contributed by atoms with Gasteiger partial charge in [0.25, 0.3) is 0 Å². The molecule has 0 aliphatic rings. The molecule has 1 heterocycles. The van der Waals surface area contributed by atoms with E-state index in [1.54, 1.807) is 12.1 Å². The Morgan fingerprint density at radius 1 is 1.26 bits per heavy atom. The van der Waals surface area contributed by atoms with E-state index in [0.717, 1.165) is 4.47 Å². The zero-order chi connectivity index (χ0) is 14.0. The first-order valence-electron chi connectivity index (χ1n) is 5.08. The van der Waals surface area contributed by atoms with E-state index in [9.17, 15) is 4.79 Å². The molecule has 0 saturated carbocycles. The molecule has 0 atom stereocenters. The van der Waals surface area contributed by atoms with Crippen LogP contribution in [-0.2, 0) is 0 Å². The second kappa shape index (κ2) is 5.77. The Bertz CT molecular complexity index is 650. The van der Waals surface area contributed by atoms with Crippen LogP contribution in [0.2, 0.25) is 10.0 Å². The molecular formula is C12H7BrCl2N2O2. The Morgan fingerprint density at radius 2 is 2.00 bits per heavy atom. The van der Waals surface area contributed by atoms with Crippen molar-refractivity contribution in [3.63, 3.8) is 0 Å². The van der Waals surface area contributed by atoms with Crippen LogP contribution in [0.15, 0.2) is 34.9 Å². The lowest BCUT2D eigenvalue weighted by Gasteiger charge is -2.09. The standard InChI is InChI=1S/C12H7BrCl2N2O2/c13-7-1-2-10(8(14)4-7)17-11-9(15)3-6(5-16-11)12(18)19/h1-5H,(H,16,17)(H,18,19). The molecule has 0 unspecified atom stereocenters. The highest BCUT2D eigenvalue weighted by Crippen LogP contribution is 2.30. The molecule has 19 heavy (non-hydrogen) atoms. The van der Waals surface area contributed by atoms with Gasteiger partial charge >= 0.3 is 5.97 Å². The molecule has 1 aromatic carbocycles. The summed E-state index contributed by atoms with van der Waals surface area (Å²) in [6.45, 7) is 0. The predicted octanol–water partition coefficient (Wildman–Crippen LogP) is 4.59. The van der Waals surface area contributed by atoms with Crippen molar-refractivity contribution >= 4 is 56.6 Å². The minimum atomic E-state index is -1.08. The van der Waals surface area contributed by atoms with Crippen LogP contribution in [0.1, 0.15) is 10.4 Å². The Morgan fingerprint density at radius 3 is 2.58 bits per heavy atom. The molecule has 7 heteroatoms. The highest BCUT2D eigenvalue weighted by atomic mass is 79.9. The van der Waals surface area contributed by atoms with Gasteiger partial charge in [0, 0.05) is 10.7 Å². The van der Waals surface area contributed by atoms with Gasteiger partial charge in [-0.2, -0.15) is 0 Å². The van der Waals surface area contributed by atoms with E-state index in [0.29, 0.717) is 16.5 Å². The smallest absolute Gasteiger partial charge is 0.337 e. The number of benzene rings is 1. The van der Waals surface area contributed by atoms with E-state index in [4.69, 9.17) is 28.3 Å². The summed E-state index contributed by atoms with van der Waals surface area (Å²) in [6, 6.07) is 6.62. The van der Waals surface area contributed by atoms with Gasteiger partial charge < -0.3 is 10.4 Å².